The molecule has 0 radical (unpaired) electrons. The number of nitrogens with zero attached hydrogens (tertiary/aromatic N) is 2. The van der Waals surface area contributed by atoms with Crippen molar-refractivity contribution < 1.29 is 22.8 Å². The number of piperazine rings is 1. The second-order valence-corrected chi connectivity index (χ2v) is 6.65. The molecule has 3 rings (SSSR count). The van der Waals surface area contributed by atoms with Crippen LogP contribution in [0.1, 0.15) is 21.5 Å². The highest BCUT2D eigenvalue weighted by Gasteiger charge is 2.31. The minimum atomic E-state index is -4.43. The number of nitrogens with one attached hydrogen (secondary N) is 1. The van der Waals surface area contributed by atoms with Crippen molar-refractivity contribution in [2.45, 2.75) is 13.1 Å². The normalized spacial score (nSPS) is 14.7. The third kappa shape index (κ3) is 4.62. The van der Waals surface area contributed by atoms with Gasteiger partial charge in [0.05, 0.1) is 5.56 Å². The number of benzene rings is 2. The van der Waals surface area contributed by atoms with Gasteiger partial charge in [-0.3, -0.25) is 4.79 Å². The number of carbonyl (C=O) groups excluding carboxylic acids is 2. The molecule has 0 aliphatic carbocycles. The van der Waals surface area contributed by atoms with Gasteiger partial charge in [0.2, 0.25) is 0 Å². The van der Waals surface area contributed by atoms with Gasteiger partial charge < -0.3 is 15.1 Å². The van der Waals surface area contributed by atoms with E-state index < -0.39 is 11.7 Å². The van der Waals surface area contributed by atoms with Gasteiger partial charge >= 0.3 is 12.2 Å². The molecule has 1 saturated heterocycles. The smallest absolute Gasteiger partial charge is 0.335 e. The van der Waals surface area contributed by atoms with Crippen LogP contribution in [0.25, 0.3) is 0 Å². The Labute approximate surface area is 160 Å². The summed E-state index contributed by atoms with van der Waals surface area (Å²) in [4.78, 5) is 28.0. The van der Waals surface area contributed by atoms with Crippen LogP contribution in [0.15, 0.2) is 48.5 Å². The second-order valence-electron chi connectivity index (χ2n) is 6.65. The fraction of sp³-hybridized carbons (Fsp3) is 0.300. The molecule has 1 aliphatic rings. The molecular formula is C20H20F3N3O2. The van der Waals surface area contributed by atoms with Crippen molar-refractivity contribution in [1.29, 1.82) is 0 Å². The van der Waals surface area contributed by atoms with E-state index in [4.69, 9.17) is 0 Å². The number of anilines is 1. The van der Waals surface area contributed by atoms with E-state index >= 15 is 0 Å². The van der Waals surface area contributed by atoms with Crippen LogP contribution in [0.4, 0.5) is 23.7 Å². The molecule has 2 aromatic carbocycles. The van der Waals surface area contributed by atoms with Crippen LogP contribution in [0.3, 0.4) is 0 Å². The summed E-state index contributed by atoms with van der Waals surface area (Å²) in [5, 5.41) is 2.83. The van der Waals surface area contributed by atoms with Crippen molar-refractivity contribution in [2.24, 2.45) is 0 Å². The molecule has 8 heteroatoms. The van der Waals surface area contributed by atoms with E-state index in [9.17, 15) is 22.8 Å². The Hall–Kier alpha value is -3.03. The van der Waals surface area contributed by atoms with Crippen molar-refractivity contribution in [2.75, 3.05) is 31.5 Å². The Morgan fingerprint density at radius 2 is 1.54 bits per heavy atom. The average Bonchev–Trinajstić information content (AvgIpc) is 2.67. The number of hydrogen-bond donors (Lipinski definition) is 1. The summed E-state index contributed by atoms with van der Waals surface area (Å²) < 4.78 is 37.9. The van der Waals surface area contributed by atoms with Gasteiger partial charge in [0.1, 0.15) is 0 Å². The van der Waals surface area contributed by atoms with E-state index in [0.29, 0.717) is 31.9 Å². The second kappa shape index (κ2) is 7.92. The molecule has 1 heterocycles. The fourth-order valence-electron chi connectivity index (χ4n) is 3.02. The maximum Gasteiger partial charge on any atom is 0.416 e. The minimum Gasteiger partial charge on any atom is -0.335 e. The van der Waals surface area contributed by atoms with E-state index in [1.807, 2.05) is 25.1 Å². The molecule has 0 saturated carbocycles. The average molecular weight is 391 g/mol. The lowest BCUT2D eigenvalue weighted by atomic mass is 10.1. The van der Waals surface area contributed by atoms with Crippen LogP contribution in [0.5, 0.6) is 0 Å². The van der Waals surface area contributed by atoms with E-state index in [-0.39, 0.29) is 17.5 Å². The van der Waals surface area contributed by atoms with E-state index in [2.05, 4.69) is 5.32 Å². The molecule has 1 fully saturated rings. The first-order valence-electron chi connectivity index (χ1n) is 8.83. The van der Waals surface area contributed by atoms with Crippen molar-refractivity contribution in [3.63, 3.8) is 0 Å². The molecule has 28 heavy (non-hydrogen) atoms. The van der Waals surface area contributed by atoms with Crippen molar-refractivity contribution >= 4 is 17.6 Å². The lowest BCUT2D eigenvalue weighted by Crippen LogP contribution is -2.51. The molecule has 1 N–H and O–H groups in total. The molecule has 0 atom stereocenters. The van der Waals surface area contributed by atoms with Gasteiger partial charge in [-0.2, -0.15) is 13.2 Å². The van der Waals surface area contributed by atoms with Crippen LogP contribution in [0.2, 0.25) is 0 Å². The molecule has 5 nitrogen and oxygen atoms in total. The number of carbonyl (C=O) groups is 2. The Bertz CT molecular complexity index is 858. The highest BCUT2D eigenvalue weighted by Crippen LogP contribution is 2.29. The van der Waals surface area contributed by atoms with Gasteiger partial charge in [-0.25, -0.2) is 4.79 Å². The summed E-state index contributed by atoms with van der Waals surface area (Å²) in [7, 11) is 0. The molecule has 3 amide bonds. The zero-order valence-corrected chi connectivity index (χ0v) is 15.3. The Morgan fingerprint density at radius 1 is 0.929 bits per heavy atom. The maximum atomic E-state index is 12.6. The summed E-state index contributed by atoms with van der Waals surface area (Å²) >= 11 is 0. The van der Waals surface area contributed by atoms with Crippen LogP contribution in [-0.2, 0) is 6.18 Å². The Morgan fingerprint density at radius 3 is 2.11 bits per heavy atom. The van der Waals surface area contributed by atoms with Crippen molar-refractivity contribution in [1.82, 2.24) is 9.80 Å². The fourth-order valence-corrected chi connectivity index (χ4v) is 3.02. The van der Waals surface area contributed by atoms with Gasteiger partial charge in [-0.15, -0.1) is 0 Å². The molecule has 0 spiro atoms. The number of amides is 3. The van der Waals surface area contributed by atoms with Gasteiger partial charge in [-0.05, 0) is 48.9 Å². The zero-order valence-electron chi connectivity index (χ0n) is 15.3. The highest BCUT2D eigenvalue weighted by molar-refractivity contribution is 5.94. The first kappa shape index (κ1) is 19.7. The SMILES string of the molecule is Cc1cccc(NC(=O)N2CCN(C(=O)c3ccc(C(F)(F)F)cc3)CC2)c1. The molecule has 148 valence electrons. The zero-order chi connectivity index (χ0) is 20.3. The van der Waals surface area contributed by atoms with Crippen LogP contribution >= 0.6 is 0 Å². The standard InChI is InChI=1S/C20H20F3N3O2/c1-14-3-2-4-17(13-14)24-19(28)26-11-9-25(10-12-26)18(27)15-5-7-16(8-6-15)20(21,22)23/h2-8,13H,9-12H2,1H3,(H,24,28). The van der Waals surface area contributed by atoms with E-state index in [1.54, 1.807) is 15.9 Å². The number of alkyl halides is 3. The molecule has 0 unspecified atom stereocenters. The Kier molecular flexibility index (Phi) is 5.58. The van der Waals surface area contributed by atoms with Crippen molar-refractivity contribution in [3.8, 4) is 0 Å². The largest absolute Gasteiger partial charge is 0.416 e. The summed E-state index contributed by atoms with van der Waals surface area (Å²) in [5.41, 5.74) is 1.14. The van der Waals surface area contributed by atoms with Crippen LogP contribution < -0.4 is 5.32 Å². The van der Waals surface area contributed by atoms with Gasteiger partial charge in [0.15, 0.2) is 0 Å². The summed E-state index contributed by atoms with van der Waals surface area (Å²) in [6, 6.07) is 11.4. The topological polar surface area (TPSA) is 52.7 Å². The number of halogens is 3. The number of aryl methyl sites for hydroxylation is 1. The predicted molar refractivity (Wildman–Crippen MR) is 99.1 cm³/mol. The highest BCUT2D eigenvalue weighted by atomic mass is 19.4. The number of hydrogen-bond acceptors (Lipinski definition) is 2. The number of urea groups is 1. The van der Waals surface area contributed by atoms with E-state index in [1.165, 1.54) is 12.1 Å². The third-order valence-electron chi connectivity index (χ3n) is 4.58. The molecule has 0 bridgehead atoms. The Balaban J connectivity index is 1.56. The predicted octanol–water partition coefficient (Wildman–Crippen LogP) is 4.00. The molecule has 0 aromatic heterocycles. The summed E-state index contributed by atoms with van der Waals surface area (Å²) in [6.07, 6.45) is -4.43. The summed E-state index contributed by atoms with van der Waals surface area (Å²) in [5.74, 6) is -0.340. The third-order valence-corrected chi connectivity index (χ3v) is 4.58. The first-order chi connectivity index (χ1) is 13.2. The number of rotatable bonds is 2. The van der Waals surface area contributed by atoms with Crippen LogP contribution in [0, 0.1) is 6.92 Å². The monoisotopic (exact) mass is 391 g/mol. The minimum absolute atomic E-state index is 0.200. The van der Waals surface area contributed by atoms with Crippen molar-refractivity contribution in [3.05, 3.63) is 65.2 Å². The molecular weight excluding hydrogens is 371 g/mol. The first-order valence-corrected chi connectivity index (χ1v) is 8.83. The van der Waals surface area contributed by atoms with Gasteiger partial charge in [0.25, 0.3) is 5.91 Å². The van der Waals surface area contributed by atoms with Gasteiger partial charge in [-0.1, -0.05) is 12.1 Å². The lowest BCUT2D eigenvalue weighted by molar-refractivity contribution is -0.137. The molecule has 2 aromatic rings. The lowest BCUT2D eigenvalue weighted by Gasteiger charge is -2.34. The van der Waals surface area contributed by atoms with Crippen LogP contribution in [-0.4, -0.2) is 47.9 Å². The van der Waals surface area contributed by atoms with E-state index in [0.717, 1.165) is 17.7 Å². The molecule has 1 aliphatic heterocycles. The summed E-state index contributed by atoms with van der Waals surface area (Å²) in [6.45, 7) is 3.28. The quantitative estimate of drug-likeness (QED) is 0.841. The van der Waals surface area contributed by atoms with Gasteiger partial charge in [0, 0.05) is 37.4 Å². The maximum absolute atomic E-state index is 12.6.